The zero-order valence-corrected chi connectivity index (χ0v) is 25.9. The van der Waals surface area contributed by atoms with E-state index in [1.807, 2.05) is 6.92 Å². The predicted molar refractivity (Wildman–Crippen MR) is 158 cm³/mol. The van der Waals surface area contributed by atoms with Crippen LogP contribution in [-0.2, 0) is 23.8 Å². The molecule has 16 nitrogen and oxygen atoms in total. The Labute approximate surface area is 263 Å². The predicted octanol–water partition coefficient (Wildman–Crippen LogP) is -3.10. The molecule has 0 aromatic rings. The van der Waals surface area contributed by atoms with Gasteiger partial charge in [-0.2, -0.15) is 0 Å². The van der Waals surface area contributed by atoms with Gasteiger partial charge in [0.2, 0.25) is 11.8 Å². The van der Waals surface area contributed by atoms with Crippen LogP contribution in [0.2, 0.25) is 0 Å². The number of ether oxygens (including phenoxy) is 3. The fraction of sp³-hybridized carbons (Fsp3) is 0.862. The van der Waals surface area contributed by atoms with Gasteiger partial charge in [-0.05, 0) is 57.4 Å². The van der Waals surface area contributed by atoms with Crippen molar-refractivity contribution in [3.8, 4) is 0 Å². The standard InChI is InChI=1S/C29H54N2O14/c1-17(15-32)22(36)24(38)26(40)28(42)43-13-7-5-11-21(35)31-18(2)9-3-6-12-30-20(34)10-4-8-14-44-29-27(41)25(39)23(37)19(16-33)45-29/h18-19,22-29,32-33,36-42H,1,3-16H2,2H3,(H,30,34)(H,31,35)/t18-,19?,22?,23?,24?,25?,26?,27?,28?,29?/m1/s1. The van der Waals surface area contributed by atoms with E-state index in [4.69, 9.17) is 19.3 Å². The van der Waals surface area contributed by atoms with E-state index in [1.165, 1.54) is 0 Å². The van der Waals surface area contributed by atoms with Crippen LogP contribution in [0.15, 0.2) is 12.2 Å². The molecular weight excluding hydrogens is 600 g/mol. The molecule has 0 saturated carbocycles. The molecule has 9 unspecified atom stereocenters. The molecule has 0 bridgehead atoms. The molecule has 0 aromatic heterocycles. The number of unbranched alkanes of at least 4 members (excludes halogenated alkanes) is 3. The van der Waals surface area contributed by atoms with E-state index in [9.17, 15) is 50.4 Å². The zero-order valence-electron chi connectivity index (χ0n) is 25.9. The fourth-order valence-corrected chi connectivity index (χ4v) is 4.48. The van der Waals surface area contributed by atoms with Gasteiger partial charge in [0.25, 0.3) is 0 Å². The highest BCUT2D eigenvalue weighted by Crippen LogP contribution is 2.22. The first kappa shape index (κ1) is 41.2. The first-order valence-corrected chi connectivity index (χ1v) is 15.4. The second-order valence-electron chi connectivity index (χ2n) is 11.3. The second kappa shape index (κ2) is 22.7. The SMILES string of the molecule is C=C(CO)C(O)C(O)C(O)C(O)OCCCCC(=O)N[C@H](C)CCCCNC(=O)CCCCOC1OC(CO)C(O)C(O)C1O. The van der Waals surface area contributed by atoms with Gasteiger partial charge in [0.05, 0.1) is 13.2 Å². The van der Waals surface area contributed by atoms with Crippen LogP contribution < -0.4 is 10.6 Å². The van der Waals surface area contributed by atoms with Crippen LogP contribution in [0.25, 0.3) is 0 Å². The molecule has 10 atom stereocenters. The van der Waals surface area contributed by atoms with Gasteiger partial charge in [-0.15, -0.1) is 0 Å². The van der Waals surface area contributed by atoms with E-state index in [-0.39, 0.29) is 49.5 Å². The van der Waals surface area contributed by atoms with Crippen molar-refractivity contribution in [1.82, 2.24) is 10.6 Å². The Morgan fingerprint density at radius 1 is 0.844 bits per heavy atom. The maximum absolute atomic E-state index is 12.2. The Kier molecular flexibility index (Phi) is 20.8. The van der Waals surface area contributed by atoms with Crippen LogP contribution >= 0.6 is 0 Å². The minimum Gasteiger partial charge on any atom is -0.394 e. The van der Waals surface area contributed by atoms with Gasteiger partial charge >= 0.3 is 0 Å². The molecular formula is C29H54N2O14. The second-order valence-corrected chi connectivity index (χ2v) is 11.3. The van der Waals surface area contributed by atoms with E-state index in [0.29, 0.717) is 32.2 Å². The highest BCUT2D eigenvalue weighted by Gasteiger charge is 2.43. The minimum absolute atomic E-state index is 0.00642. The third-order valence-electron chi connectivity index (χ3n) is 7.40. The Balaban J connectivity index is 2.05. The summed E-state index contributed by atoms with van der Waals surface area (Å²) in [7, 11) is 0. The highest BCUT2D eigenvalue weighted by atomic mass is 16.7. The molecule has 1 saturated heterocycles. The summed E-state index contributed by atoms with van der Waals surface area (Å²) in [6.45, 7) is 4.76. The third-order valence-corrected chi connectivity index (χ3v) is 7.40. The number of amides is 2. The molecule has 16 heteroatoms. The number of hydrogen-bond donors (Lipinski definition) is 11. The van der Waals surface area contributed by atoms with Crippen molar-refractivity contribution < 1.29 is 69.8 Å². The summed E-state index contributed by atoms with van der Waals surface area (Å²) in [5.41, 5.74) is -0.118. The maximum Gasteiger partial charge on any atom is 0.220 e. The van der Waals surface area contributed by atoms with Crippen molar-refractivity contribution in [3.63, 3.8) is 0 Å². The van der Waals surface area contributed by atoms with Gasteiger partial charge in [0.1, 0.15) is 42.7 Å². The number of rotatable bonds is 24. The molecule has 1 rings (SSSR count). The van der Waals surface area contributed by atoms with Gasteiger partial charge in [-0.1, -0.05) is 6.58 Å². The third kappa shape index (κ3) is 15.6. The number of carbonyl (C=O) groups excluding carboxylic acids is 2. The van der Waals surface area contributed by atoms with E-state index in [0.717, 1.165) is 19.3 Å². The number of nitrogens with one attached hydrogen (secondary N) is 2. The molecule has 1 aliphatic rings. The van der Waals surface area contributed by atoms with Crippen molar-refractivity contribution in [2.45, 2.75) is 126 Å². The topological polar surface area (TPSA) is 268 Å². The van der Waals surface area contributed by atoms with Crippen molar-refractivity contribution in [1.29, 1.82) is 0 Å². The lowest BCUT2D eigenvalue weighted by Gasteiger charge is -2.39. The molecule has 11 N–H and O–H groups in total. The van der Waals surface area contributed by atoms with Crippen LogP contribution in [0.3, 0.4) is 0 Å². The monoisotopic (exact) mass is 654 g/mol. The van der Waals surface area contributed by atoms with Crippen molar-refractivity contribution in [2.24, 2.45) is 0 Å². The molecule has 0 aliphatic carbocycles. The summed E-state index contributed by atoms with van der Waals surface area (Å²) in [6.07, 6.45) is -9.01. The molecule has 264 valence electrons. The lowest BCUT2D eigenvalue weighted by molar-refractivity contribution is -0.301. The zero-order chi connectivity index (χ0) is 33.9. The average molecular weight is 655 g/mol. The van der Waals surface area contributed by atoms with Gasteiger partial charge in [0.15, 0.2) is 12.6 Å². The Morgan fingerprint density at radius 2 is 1.49 bits per heavy atom. The van der Waals surface area contributed by atoms with Crippen LogP contribution in [0.4, 0.5) is 0 Å². The number of carbonyl (C=O) groups is 2. The summed E-state index contributed by atoms with van der Waals surface area (Å²) in [6, 6.07) is -0.0632. The Morgan fingerprint density at radius 3 is 2.13 bits per heavy atom. The highest BCUT2D eigenvalue weighted by molar-refractivity contribution is 5.76. The normalized spacial score (nSPS) is 25.2. The molecule has 0 radical (unpaired) electrons. The van der Waals surface area contributed by atoms with Crippen molar-refractivity contribution >= 4 is 11.8 Å². The quantitative estimate of drug-likeness (QED) is 0.0280. The molecule has 45 heavy (non-hydrogen) atoms. The van der Waals surface area contributed by atoms with Crippen LogP contribution in [0, 0.1) is 0 Å². The van der Waals surface area contributed by atoms with E-state index >= 15 is 0 Å². The molecule has 1 fully saturated rings. The van der Waals surface area contributed by atoms with E-state index in [2.05, 4.69) is 17.2 Å². The lowest BCUT2D eigenvalue weighted by atomic mass is 9.99. The van der Waals surface area contributed by atoms with Crippen LogP contribution in [-0.4, -0.2) is 152 Å². The number of aliphatic hydroxyl groups excluding tert-OH is 9. The minimum atomic E-state index is -1.82. The summed E-state index contributed by atoms with van der Waals surface area (Å²) >= 11 is 0. The summed E-state index contributed by atoms with van der Waals surface area (Å²) in [5.74, 6) is -0.260. The number of aliphatic hydroxyl groups is 9. The lowest BCUT2D eigenvalue weighted by Crippen LogP contribution is -2.59. The van der Waals surface area contributed by atoms with Crippen molar-refractivity contribution in [2.75, 3.05) is 33.0 Å². The molecule has 0 spiro atoms. The summed E-state index contributed by atoms with van der Waals surface area (Å²) < 4.78 is 15.7. The first-order valence-electron chi connectivity index (χ1n) is 15.4. The van der Waals surface area contributed by atoms with Gasteiger partial charge < -0.3 is 70.8 Å². The largest absolute Gasteiger partial charge is 0.394 e. The van der Waals surface area contributed by atoms with Gasteiger partial charge in [0, 0.05) is 38.6 Å². The average Bonchev–Trinajstić information content (AvgIpc) is 3.02. The van der Waals surface area contributed by atoms with Crippen molar-refractivity contribution in [3.05, 3.63) is 12.2 Å². The Bertz CT molecular complexity index is 850. The van der Waals surface area contributed by atoms with Gasteiger partial charge in [-0.3, -0.25) is 9.59 Å². The Hall–Kier alpha value is -1.80. The summed E-state index contributed by atoms with van der Waals surface area (Å²) in [4.78, 5) is 24.2. The maximum atomic E-state index is 12.2. The van der Waals surface area contributed by atoms with Crippen LogP contribution in [0.1, 0.15) is 64.7 Å². The molecule has 1 aliphatic heterocycles. The van der Waals surface area contributed by atoms with E-state index < -0.39 is 68.5 Å². The summed E-state index contributed by atoms with van der Waals surface area (Å²) in [5, 5.41) is 92.6. The van der Waals surface area contributed by atoms with Gasteiger partial charge in [-0.25, -0.2) is 0 Å². The van der Waals surface area contributed by atoms with Crippen LogP contribution in [0.5, 0.6) is 0 Å². The molecule has 2 amide bonds. The fourth-order valence-electron chi connectivity index (χ4n) is 4.48. The number of hydrogen-bond acceptors (Lipinski definition) is 14. The molecule has 0 aromatic carbocycles. The first-order chi connectivity index (χ1) is 21.3. The smallest absolute Gasteiger partial charge is 0.220 e. The molecule has 1 heterocycles. The van der Waals surface area contributed by atoms with E-state index in [1.54, 1.807) is 0 Å².